The number of hydrogen-bond acceptors (Lipinski definition) is 2. The summed E-state index contributed by atoms with van der Waals surface area (Å²) < 4.78 is 6.12. The van der Waals surface area contributed by atoms with Crippen molar-refractivity contribution in [3.8, 4) is 0 Å². The highest BCUT2D eigenvalue weighted by Gasteiger charge is 2.56. The van der Waals surface area contributed by atoms with Crippen molar-refractivity contribution in [2.24, 2.45) is 5.92 Å². The van der Waals surface area contributed by atoms with Crippen LogP contribution in [0.2, 0.25) is 0 Å². The van der Waals surface area contributed by atoms with Crippen LogP contribution in [0.5, 0.6) is 0 Å². The van der Waals surface area contributed by atoms with Gasteiger partial charge in [-0.2, -0.15) is 0 Å². The molecule has 0 bridgehead atoms. The molecule has 0 N–H and O–H groups in total. The van der Waals surface area contributed by atoms with E-state index >= 15 is 0 Å². The van der Waals surface area contributed by atoms with Crippen molar-refractivity contribution in [3.05, 3.63) is 35.9 Å². The summed E-state index contributed by atoms with van der Waals surface area (Å²) in [4.78, 5) is 14.5. The number of nitrogens with zero attached hydrogens (tertiary/aromatic N) is 1. The van der Waals surface area contributed by atoms with E-state index in [0.717, 1.165) is 6.42 Å². The third kappa shape index (κ3) is 2.05. The molecule has 2 saturated heterocycles. The van der Waals surface area contributed by atoms with E-state index in [2.05, 4.69) is 26.0 Å². The summed E-state index contributed by atoms with van der Waals surface area (Å²) in [5.74, 6) is 0.587. The second-order valence-electron chi connectivity index (χ2n) is 6.10. The van der Waals surface area contributed by atoms with Crippen molar-refractivity contribution in [1.82, 2.24) is 4.90 Å². The molecule has 0 aromatic heterocycles. The maximum absolute atomic E-state index is 12.5. The molecule has 2 aliphatic heterocycles. The van der Waals surface area contributed by atoms with Gasteiger partial charge in [0.05, 0.1) is 12.6 Å². The van der Waals surface area contributed by atoms with Crippen LogP contribution in [0.4, 0.5) is 0 Å². The summed E-state index contributed by atoms with van der Waals surface area (Å²) in [6.45, 7) is 4.91. The number of fused-ring (bicyclic) bond motifs is 1. The molecule has 3 rings (SSSR count). The van der Waals surface area contributed by atoms with E-state index in [4.69, 9.17) is 4.74 Å². The molecule has 0 saturated carbocycles. The van der Waals surface area contributed by atoms with Crippen molar-refractivity contribution in [2.45, 2.75) is 51.3 Å². The van der Waals surface area contributed by atoms with Gasteiger partial charge in [0.1, 0.15) is 5.72 Å². The molecule has 2 heterocycles. The predicted molar refractivity (Wildman–Crippen MR) is 78.0 cm³/mol. The van der Waals surface area contributed by atoms with Gasteiger partial charge >= 0.3 is 0 Å². The van der Waals surface area contributed by atoms with Gasteiger partial charge < -0.3 is 9.64 Å². The first-order valence-corrected chi connectivity index (χ1v) is 7.68. The van der Waals surface area contributed by atoms with Gasteiger partial charge in [-0.1, -0.05) is 50.1 Å². The molecule has 2 fully saturated rings. The summed E-state index contributed by atoms with van der Waals surface area (Å²) in [6.07, 6.45) is 4.06. The van der Waals surface area contributed by atoms with Crippen LogP contribution in [0.1, 0.15) is 51.1 Å². The van der Waals surface area contributed by atoms with Crippen LogP contribution in [0.15, 0.2) is 30.3 Å². The fourth-order valence-corrected chi connectivity index (χ4v) is 3.68. The number of amides is 1. The maximum atomic E-state index is 12.5. The van der Waals surface area contributed by atoms with Crippen molar-refractivity contribution in [1.29, 1.82) is 0 Å². The van der Waals surface area contributed by atoms with Crippen molar-refractivity contribution < 1.29 is 9.53 Å². The summed E-state index contributed by atoms with van der Waals surface area (Å²) in [6, 6.07) is 10.3. The number of hydrogen-bond donors (Lipinski definition) is 0. The molecule has 0 aliphatic carbocycles. The zero-order valence-corrected chi connectivity index (χ0v) is 12.3. The number of ether oxygens (including phenoxy) is 1. The Morgan fingerprint density at radius 2 is 2.10 bits per heavy atom. The van der Waals surface area contributed by atoms with Crippen LogP contribution in [0.3, 0.4) is 0 Å². The van der Waals surface area contributed by atoms with Gasteiger partial charge in [-0.15, -0.1) is 0 Å². The van der Waals surface area contributed by atoms with Crippen molar-refractivity contribution in [3.63, 3.8) is 0 Å². The summed E-state index contributed by atoms with van der Waals surface area (Å²) in [7, 11) is 0. The molecule has 3 nitrogen and oxygen atoms in total. The maximum Gasteiger partial charge on any atom is 0.225 e. The Kier molecular flexibility index (Phi) is 3.55. The highest BCUT2D eigenvalue weighted by Crippen LogP contribution is 2.49. The molecule has 0 unspecified atom stereocenters. The minimum Gasteiger partial charge on any atom is -0.353 e. The van der Waals surface area contributed by atoms with Gasteiger partial charge in [-0.25, -0.2) is 0 Å². The average molecular weight is 273 g/mol. The predicted octanol–water partition coefficient (Wildman–Crippen LogP) is 3.51. The van der Waals surface area contributed by atoms with E-state index in [0.29, 0.717) is 18.9 Å². The van der Waals surface area contributed by atoms with Crippen LogP contribution < -0.4 is 0 Å². The normalized spacial score (nSPS) is 32.7. The van der Waals surface area contributed by atoms with Gasteiger partial charge in [-0.05, 0) is 18.9 Å². The zero-order valence-electron chi connectivity index (χ0n) is 12.3. The molecule has 2 aliphatic rings. The Bertz CT molecular complexity index is 487. The SMILES string of the molecule is CCCC[C@@H]1CC(=O)N2[C@@H](c3ccccc3)CO[C@]12C. The highest BCUT2D eigenvalue weighted by molar-refractivity contribution is 5.81. The fraction of sp³-hybridized carbons (Fsp3) is 0.588. The first kappa shape index (κ1) is 13.6. The van der Waals surface area contributed by atoms with Gasteiger partial charge in [0.15, 0.2) is 0 Å². The minimum atomic E-state index is -0.396. The third-order valence-corrected chi connectivity index (χ3v) is 4.86. The van der Waals surface area contributed by atoms with Crippen LogP contribution in [-0.4, -0.2) is 23.1 Å². The molecule has 108 valence electrons. The van der Waals surface area contributed by atoms with Crippen LogP contribution in [-0.2, 0) is 9.53 Å². The van der Waals surface area contributed by atoms with Crippen LogP contribution in [0.25, 0.3) is 0 Å². The average Bonchev–Trinajstić information content (AvgIpc) is 2.93. The molecular weight excluding hydrogens is 250 g/mol. The number of rotatable bonds is 4. The zero-order chi connectivity index (χ0) is 14.2. The number of unbranched alkanes of at least 4 members (excludes halogenated alkanes) is 1. The van der Waals surface area contributed by atoms with E-state index in [-0.39, 0.29) is 11.9 Å². The summed E-state index contributed by atoms with van der Waals surface area (Å²) in [5, 5.41) is 0. The Labute approximate surface area is 120 Å². The largest absolute Gasteiger partial charge is 0.353 e. The van der Waals surface area contributed by atoms with Crippen LogP contribution in [0, 0.1) is 5.92 Å². The standard InChI is InChI=1S/C17H23NO2/c1-3-4-10-14-11-16(19)18-15(12-20-17(14,18)2)13-8-6-5-7-9-13/h5-9,14-15H,3-4,10-12H2,1-2H3/t14-,15-,17-/m1/s1. The van der Waals surface area contributed by atoms with Gasteiger partial charge in [0.2, 0.25) is 5.91 Å². The lowest BCUT2D eigenvalue weighted by atomic mass is 9.92. The Balaban J connectivity index is 1.85. The smallest absolute Gasteiger partial charge is 0.225 e. The van der Waals surface area contributed by atoms with E-state index in [1.165, 1.54) is 18.4 Å². The van der Waals surface area contributed by atoms with Crippen LogP contribution >= 0.6 is 0 Å². The van der Waals surface area contributed by atoms with E-state index in [1.54, 1.807) is 0 Å². The first-order valence-electron chi connectivity index (χ1n) is 7.68. The van der Waals surface area contributed by atoms with E-state index in [9.17, 15) is 4.79 Å². The Morgan fingerprint density at radius 3 is 2.80 bits per heavy atom. The molecule has 3 heteroatoms. The lowest BCUT2D eigenvalue weighted by Gasteiger charge is -2.33. The molecule has 1 aromatic rings. The third-order valence-electron chi connectivity index (χ3n) is 4.86. The van der Waals surface area contributed by atoms with Crippen molar-refractivity contribution in [2.75, 3.05) is 6.61 Å². The Hall–Kier alpha value is -1.35. The van der Waals surface area contributed by atoms with E-state index in [1.807, 2.05) is 23.1 Å². The first-order chi connectivity index (χ1) is 9.66. The summed E-state index contributed by atoms with van der Waals surface area (Å²) in [5.41, 5.74) is 0.785. The number of benzene rings is 1. The quantitative estimate of drug-likeness (QED) is 0.840. The molecule has 0 spiro atoms. The Morgan fingerprint density at radius 1 is 1.35 bits per heavy atom. The van der Waals surface area contributed by atoms with Gasteiger partial charge in [0, 0.05) is 12.3 Å². The minimum absolute atomic E-state index is 0.0836. The second kappa shape index (κ2) is 5.21. The molecule has 1 aromatic carbocycles. The monoisotopic (exact) mass is 273 g/mol. The lowest BCUT2D eigenvalue weighted by Crippen LogP contribution is -2.43. The molecular formula is C17H23NO2. The van der Waals surface area contributed by atoms with Gasteiger partial charge in [-0.3, -0.25) is 4.79 Å². The second-order valence-corrected chi connectivity index (χ2v) is 6.10. The highest BCUT2D eigenvalue weighted by atomic mass is 16.5. The fourth-order valence-electron chi connectivity index (χ4n) is 3.68. The van der Waals surface area contributed by atoms with E-state index < -0.39 is 5.72 Å². The van der Waals surface area contributed by atoms with Gasteiger partial charge in [0.25, 0.3) is 0 Å². The molecule has 0 radical (unpaired) electrons. The van der Waals surface area contributed by atoms with Crippen molar-refractivity contribution >= 4 is 5.91 Å². The molecule has 20 heavy (non-hydrogen) atoms. The number of carbonyl (C=O) groups is 1. The summed E-state index contributed by atoms with van der Waals surface area (Å²) >= 11 is 0. The lowest BCUT2D eigenvalue weighted by molar-refractivity contribution is -0.138. The number of carbonyl (C=O) groups excluding carboxylic acids is 1. The topological polar surface area (TPSA) is 29.5 Å². The molecule has 1 amide bonds. The molecule has 3 atom stereocenters.